The van der Waals surface area contributed by atoms with Crippen molar-refractivity contribution in [3.8, 4) is 0 Å². The highest BCUT2D eigenvalue weighted by Gasteiger charge is 2.23. The maximum absolute atomic E-state index is 13.0. The van der Waals surface area contributed by atoms with Crippen LogP contribution in [-0.2, 0) is 16.1 Å². The minimum atomic E-state index is 0.161. The van der Waals surface area contributed by atoms with Gasteiger partial charge in [0.2, 0.25) is 5.91 Å². The first-order chi connectivity index (χ1) is 13.5. The van der Waals surface area contributed by atoms with Crippen molar-refractivity contribution in [3.05, 3.63) is 59.7 Å². The second-order valence-electron chi connectivity index (χ2n) is 7.52. The normalized spacial score (nSPS) is 16.2. The van der Waals surface area contributed by atoms with Gasteiger partial charge in [-0.25, -0.2) is 0 Å². The third-order valence-corrected chi connectivity index (χ3v) is 6.23. The topological polar surface area (TPSA) is 32.8 Å². The number of thioether (sulfide) groups is 1. The molecule has 28 heavy (non-hydrogen) atoms. The van der Waals surface area contributed by atoms with Gasteiger partial charge in [-0.2, -0.15) is 0 Å². The molecule has 1 aliphatic heterocycles. The number of amides is 1. The molecular formula is C23H30N2O2S. The zero-order chi connectivity index (χ0) is 19.9. The molecule has 0 unspecified atom stereocenters. The van der Waals surface area contributed by atoms with Gasteiger partial charge >= 0.3 is 0 Å². The molecule has 1 heterocycles. The Bertz CT molecular complexity index is 770. The van der Waals surface area contributed by atoms with E-state index >= 15 is 0 Å². The van der Waals surface area contributed by atoms with Crippen molar-refractivity contribution in [2.45, 2.75) is 37.3 Å². The summed E-state index contributed by atoms with van der Waals surface area (Å²) in [6.45, 7) is 4.19. The van der Waals surface area contributed by atoms with Crippen LogP contribution in [0.1, 0.15) is 24.0 Å². The van der Waals surface area contributed by atoms with E-state index in [1.165, 1.54) is 10.5 Å². The number of ether oxygens (including phenoxy) is 1. The molecule has 1 saturated heterocycles. The third kappa shape index (κ3) is 5.76. The number of hydrogen-bond donors (Lipinski definition) is 0. The molecule has 0 saturated carbocycles. The maximum atomic E-state index is 13.0. The molecule has 0 spiro atoms. The summed E-state index contributed by atoms with van der Waals surface area (Å²) in [6.07, 6.45) is 2.28. The van der Waals surface area contributed by atoms with Gasteiger partial charge in [0.1, 0.15) is 0 Å². The number of rotatable bonds is 8. The fourth-order valence-electron chi connectivity index (χ4n) is 3.36. The maximum Gasteiger partial charge on any atom is 0.233 e. The number of nitrogens with zero attached hydrogens (tertiary/aromatic N) is 2. The van der Waals surface area contributed by atoms with E-state index in [0.29, 0.717) is 18.8 Å². The summed E-state index contributed by atoms with van der Waals surface area (Å²) in [5.74, 6) is 0.619. The average Bonchev–Trinajstić information content (AvgIpc) is 3.20. The fraction of sp³-hybridized carbons (Fsp3) is 0.435. The van der Waals surface area contributed by atoms with E-state index in [2.05, 4.69) is 48.2 Å². The molecule has 1 fully saturated rings. The van der Waals surface area contributed by atoms with Gasteiger partial charge in [-0.1, -0.05) is 30.3 Å². The van der Waals surface area contributed by atoms with Crippen LogP contribution < -0.4 is 4.90 Å². The molecular weight excluding hydrogens is 368 g/mol. The molecule has 4 nitrogen and oxygen atoms in total. The first kappa shape index (κ1) is 20.7. The van der Waals surface area contributed by atoms with Gasteiger partial charge in [0.05, 0.1) is 11.9 Å². The Hall–Kier alpha value is -1.98. The van der Waals surface area contributed by atoms with Crippen LogP contribution in [0.4, 0.5) is 5.69 Å². The predicted molar refractivity (Wildman–Crippen MR) is 117 cm³/mol. The van der Waals surface area contributed by atoms with E-state index in [-0.39, 0.29) is 12.0 Å². The van der Waals surface area contributed by atoms with Gasteiger partial charge in [0.25, 0.3) is 0 Å². The van der Waals surface area contributed by atoms with E-state index in [4.69, 9.17) is 4.74 Å². The van der Waals surface area contributed by atoms with Gasteiger partial charge in [0, 0.05) is 44.4 Å². The molecule has 150 valence electrons. The summed E-state index contributed by atoms with van der Waals surface area (Å²) in [5.41, 5.74) is 3.53. The van der Waals surface area contributed by atoms with Crippen molar-refractivity contribution in [1.29, 1.82) is 0 Å². The molecule has 1 amide bonds. The Morgan fingerprint density at radius 2 is 1.89 bits per heavy atom. The quantitative estimate of drug-likeness (QED) is 0.619. The lowest BCUT2D eigenvalue weighted by Crippen LogP contribution is -2.38. The Morgan fingerprint density at radius 1 is 1.14 bits per heavy atom. The number of carbonyl (C=O) groups excluding carboxylic acids is 1. The minimum absolute atomic E-state index is 0.161. The Labute approximate surface area is 172 Å². The predicted octanol–water partition coefficient (Wildman–Crippen LogP) is 4.36. The van der Waals surface area contributed by atoms with E-state index in [1.54, 1.807) is 11.8 Å². The third-order valence-electron chi connectivity index (χ3n) is 5.07. The molecule has 0 aliphatic carbocycles. The number of anilines is 1. The zero-order valence-electron chi connectivity index (χ0n) is 17.1. The van der Waals surface area contributed by atoms with Gasteiger partial charge < -0.3 is 14.5 Å². The molecule has 0 radical (unpaired) electrons. The van der Waals surface area contributed by atoms with Gasteiger partial charge in [-0.3, -0.25) is 4.79 Å². The highest BCUT2D eigenvalue weighted by atomic mass is 32.2. The first-order valence-electron chi connectivity index (χ1n) is 9.87. The highest BCUT2D eigenvalue weighted by molar-refractivity contribution is 8.00. The summed E-state index contributed by atoms with van der Waals surface area (Å²) in [6, 6.07) is 16.6. The van der Waals surface area contributed by atoms with Gasteiger partial charge in [-0.15, -0.1) is 11.8 Å². The van der Waals surface area contributed by atoms with Crippen LogP contribution >= 0.6 is 11.8 Å². The summed E-state index contributed by atoms with van der Waals surface area (Å²) >= 11 is 1.62. The molecule has 0 bridgehead atoms. The van der Waals surface area contributed by atoms with Crippen LogP contribution in [0, 0.1) is 6.92 Å². The Balaban J connectivity index is 1.66. The largest absolute Gasteiger partial charge is 0.378 e. The standard InChI is InChI=1S/C23H30N2O2S/c1-18-7-4-5-9-22(18)28-17-23(26)25(16-21-8-6-14-27-21)15-19-10-12-20(13-11-19)24(2)3/h4-5,7,9-13,21H,6,8,14-17H2,1-3H3/t21-/m1/s1. The lowest BCUT2D eigenvalue weighted by molar-refractivity contribution is -0.130. The van der Waals surface area contributed by atoms with Crippen molar-refractivity contribution in [1.82, 2.24) is 4.90 Å². The minimum Gasteiger partial charge on any atom is -0.378 e. The lowest BCUT2D eigenvalue weighted by Gasteiger charge is -2.26. The SMILES string of the molecule is Cc1ccccc1SCC(=O)N(Cc1ccc(N(C)C)cc1)C[C@H]1CCCO1. The van der Waals surface area contributed by atoms with Crippen LogP contribution in [0.3, 0.4) is 0 Å². The van der Waals surface area contributed by atoms with Crippen LogP contribution in [0.5, 0.6) is 0 Å². The highest BCUT2D eigenvalue weighted by Crippen LogP contribution is 2.23. The van der Waals surface area contributed by atoms with Crippen molar-refractivity contribution in [2.75, 3.05) is 37.9 Å². The van der Waals surface area contributed by atoms with Crippen LogP contribution in [0.2, 0.25) is 0 Å². The van der Waals surface area contributed by atoms with Crippen molar-refractivity contribution < 1.29 is 9.53 Å². The second-order valence-corrected chi connectivity index (χ2v) is 8.54. The van der Waals surface area contributed by atoms with Crippen LogP contribution in [0.25, 0.3) is 0 Å². The van der Waals surface area contributed by atoms with Crippen molar-refractivity contribution in [2.24, 2.45) is 0 Å². The second kappa shape index (κ2) is 9.99. The lowest BCUT2D eigenvalue weighted by atomic mass is 10.1. The zero-order valence-corrected chi connectivity index (χ0v) is 17.9. The summed E-state index contributed by atoms with van der Waals surface area (Å²) in [4.78, 5) is 18.3. The molecule has 5 heteroatoms. The molecule has 0 N–H and O–H groups in total. The molecule has 3 rings (SSSR count). The first-order valence-corrected chi connectivity index (χ1v) is 10.9. The molecule has 2 aromatic carbocycles. The number of carbonyl (C=O) groups is 1. The van der Waals surface area contributed by atoms with Crippen LogP contribution in [-0.4, -0.2) is 49.9 Å². The Kier molecular flexibility index (Phi) is 7.40. The number of aryl methyl sites for hydroxylation is 1. The van der Waals surface area contributed by atoms with E-state index < -0.39 is 0 Å². The molecule has 2 aromatic rings. The van der Waals surface area contributed by atoms with Gasteiger partial charge in [-0.05, 0) is 49.1 Å². The van der Waals surface area contributed by atoms with Crippen LogP contribution in [0.15, 0.2) is 53.4 Å². The summed E-state index contributed by atoms with van der Waals surface area (Å²) < 4.78 is 5.80. The van der Waals surface area contributed by atoms with Crippen molar-refractivity contribution >= 4 is 23.4 Å². The average molecular weight is 399 g/mol. The molecule has 0 aromatic heterocycles. The van der Waals surface area contributed by atoms with Crippen molar-refractivity contribution in [3.63, 3.8) is 0 Å². The molecule has 1 aliphatic rings. The Morgan fingerprint density at radius 3 is 2.54 bits per heavy atom. The van der Waals surface area contributed by atoms with Gasteiger partial charge in [0.15, 0.2) is 0 Å². The number of hydrogen-bond acceptors (Lipinski definition) is 4. The summed E-state index contributed by atoms with van der Waals surface area (Å²) in [7, 11) is 4.07. The fourth-order valence-corrected chi connectivity index (χ4v) is 4.29. The van der Waals surface area contributed by atoms with E-state index in [1.807, 2.05) is 31.1 Å². The number of benzene rings is 2. The molecule has 1 atom stereocenters. The van der Waals surface area contributed by atoms with E-state index in [0.717, 1.165) is 30.7 Å². The van der Waals surface area contributed by atoms with E-state index in [9.17, 15) is 4.79 Å². The monoisotopic (exact) mass is 398 g/mol. The summed E-state index contributed by atoms with van der Waals surface area (Å²) in [5, 5.41) is 0. The smallest absolute Gasteiger partial charge is 0.233 e.